The van der Waals surface area contributed by atoms with Gasteiger partial charge in [-0.25, -0.2) is 0 Å². The maximum atomic E-state index is 9.02. The smallest absolute Gasteiger partial charge is 0.165 e. The normalized spacial score (nSPS) is 18.5. The first kappa shape index (κ1) is 18.1. The van der Waals surface area contributed by atoms with E-state index in [1.165, 1.54) is 0 Å². The molecule has 0 aliphatic carbocycles. The Kier molecular flexibility index (Phi) is 5.38. The van der Waals surface area contributed by atoms with E-state index in [1.807, 2.05) is 30.3 Å². The molecule has 0 spiro atoms. The van der Waals surface area contributed by atoms with E-state index in [1.54, 1.807) is 27.4 Å². The molecule has 0 amide bonds. The fraction of sp³-hybridized carbons (Fsp3) is 0.333. The van der Waals surface area contributed by atoms with Crippen LogP contribution in [0.5, 0.6) is 23.0 Å². The van der Waals surface area contributed by atoms with E-state index in [0.717, 1.165) is 22.4 Å². The summed E-state index contributed by atoms with van der Waals surface area (Å²) < 4.78 is 22.5. The van der Waals surface area contributed by atoms with E-state index in [9.17, 15) is 0 Å². The highest BCUT2D eigenvalue weighted by Crippen LogP contribution is 2.51. The van der Waals surface area contributed by atoms with E-state index in [-0.39, 0.29) is 18.6 Å². The fourth-order valence-electron chi connectivity index (χ4n) is 3.33. The number of hydrogen-bond donors (Lipinski definition) is 1. The molecule has 0 radical (unpaired) electrons. The van der Waals surface area contributed by atoms with Gasteiger partial charge in [-0.1, -0.05) is 25.1 Å². The highest BCUT2D eigenvalue weighted by atomic mass is 16.5. The van der Waals surface area contributed by atoms with Gasteiger partial charge in [-0.05, 0) is 35.4 Å². The van der Waals surface area contributed by atoms with Crippen LogP contribution >= 0.6 is 0 Å². The number of aliphatic hydroxyl groups is 1. The molecule has 0 unspecified atom stereocenters. The number of benzene rings is 2. The molecule has 0 fully saturated rings. The van der Waals surface area contributed by atoms with Crippen LogP contribution in [0.1, 0.15) is 35.6 Å². The summed E-state index contributed by atoms with van der Waals surface area (Å²) >= 11 is 0. The van der Waals surface area contributed by atoms with Crippen molar-refractivity contribution in [1.29, 1.82) is 0 Å². The SMILES string of the molecule is COc1ccc([C@@H]2Oc3c(OC)cc(/C=C/CO)cc3[C@H]2C)cc1OC. The van der Waals surface area contributed by atoms with Gasteiger partial charge in [-0.2, -0.15) is 0 Å². The zero-order valence-electron chi connectivity index (χ0n) is 15.5. The Bertz CT molecular complexity index is 812. The van der Waals surface area contributed by atoms with Crippen molar-refractivity contribution in [2.45, 2.75) is 18.9 Å². The van der Waals surface area contributed by atoms with Crippen molar-refractivity contribution in [2.24, 2.45) is 0 Å². The van der Waals surface area contributed by atoms with Crippen molar-refractivity contribution < 1.29 is 24.1 Å². The molecule has 1 heterocycles. The molecule has 2 aromatic rings. The first-order valence-corrected chi connectivity index (χ1v) is 8.50. The number of ether oxygens (including phenoxy) is 4. The molecule has 0 aromatic heterocycles. The van der Waals surface area contributed by atoms with E-state index < -0.39 is 0 Å². The molecule has 2 atom stereocenters. The molecule has 138 valence electrons. The summed E-state index contributed by atoms with van der Waals surface area (Å²) in [6.45, 7) is 2.13. The van der Waals surface area contributed by atoms with Gasteiger partial charge in [-0.3, -0.25) is 0 Å². The van der Waals surface area contributed by atoms with Crippen molar-refractivity contribution >= 4 is 6.08 Å². The van der Waals surface area contributed by atoms with Crippen LogP contribution in [0, 0.1) is 0 Å². The second-order valence-corrected chi connectivity index (χ2v) is 6.17. The molecular formula is C21H24O5. The largest absolute Gasteiger partial charge is 0.493 e. The van der Waals surface area contributed by atoms with Crippen LogP contribution in [-0.2, 0) is 0 Å². The molecule has 0 saturated carbocycles. The van der Waals surface area contributed by atoms with Gasteiger partial charge in [0.1, 0.15) is 6.10 Å². The first-order valence-electron chi connectivity index (χ1n) is 8.50. The number of hydrogen-bond acceptors (Lipinski definition) is 5. The standard InChI is InChI=1S/C21H24O5/c1-13-16-10-14(6-5-9-22)11-19(25-4)21(16)26-20(13)15-7-8-17(23-2)18(12-15)24-3/h5-8,10-13,20,22H,9H2,1-4H3/b6-5+/t13-,20-/m1/s1. The van der Waals surface area contributed by atoms with Gasteiger partial charge in [0.2, 0.25) is 0 Å². The highest BCUT2D eigenvalue weighted by molar-refractivity contribution is 5.62. The molecule has 1 aliphatic heterocycles. The van der Waals surface area contributed by atoms with Crippen molar-refractivity contribution in [1.82, 2.24) is 0 Å². The number of fused-ring (bicyclic) bond motifs is 1. The van der Waals surface area contributed by atoms with Gasteiger partial charge < -0.3 is 24.1 Å². The summed E-state index contributed by atoms with van der Waals surface area (Å²) in [7, 11) is 4.87. The third-order valence-electron chi connectivity index (χ3n) is 4.67. The molecule has 2 aromatic carbocycles. The van der Waals surface area contributed by atoms with Gasteiger partial charge in [0.25, 0.3) is 0 Å². The first-order chi connectivity index (χ1) is 12.6. The molecule has 0 saturated heterocycles. The van der Waals surface area contributed by atoms with E-state index in [2.05, 4.69) is 13.0 Å². The van der Waals surface area contributed by atoms with Crippen LogP contribution in [0.15, 0.2) is 36.4 Å². The lowest BCUT2D eigenvalue weighted by atomic mass is 9.91. The van der Waals surface area contributed by atoms with Gasteiger partial charge >= 0.3 is 0 Å². The maximum absolute atomic E-state index is 9.02. The van der Waals surface area contributed by atoms with Gasteiger partial charge in [0.05, 0.1) is 27.9 Å². The van der Waals surface area contributed by atoms with Gasteiger partial charge in [0.15, 0.2) is 23.0 Å². The van der Waals surface area contributed by atoms with Crippen molar-refractivity contribution in [3.05, 3.63) is 53.1 Å². The van der Waals surface area contributed by atoms with Crippen molar-refractivity contribution in [2.75, 3.05) is 27.9 Å². The average Bonchev–Trinajstić information content (AvgIpc) is 3.01. The molecule has 3 rings (SSSR count). The Morgan fingerprint density at radius 1 is 1.00 bits per heavy atom. The molecule has 5 heteroatoms. The second kappa shape index (κ2) is 7.70. The van der Waals surface area contributed by atoms with Crippen LogP contribution in [0.4, 0.5) is 0 Å². The second-order valence-electron chi connectivity index (χ2n) is 6.17. The van der Waals surface area contributed by atoms with Crippen molar-refractivity contribution in [3.8, 4) is 23.0 Å². The molecule has 1 N–H and O–H groups in total. The third kappa shape index (κ3) is 3.22. The van der Waals surface area contributed by atoms with Crippen LogP contribution in [0.25, 0.3) is 6.08 Å². The maximum Gasteiger partial charge on any atom is 0.165 e. The summed E-state index contributed by atoms with van der Waals surface area (Å²) in [5, 5.41) is 9.02. The summed E-state index contributed by atoms with van der Waals surface area (Å²) in [4.78, 5) is 0. The molecular weight excluding hydrogens is 332 g/mol. The van der Waals surface area contributed by atoms with E-state index in [4.69, 9.17) is 24.1 Å². The zero-order valence-corrected chi connectivity index (χ0v) is 15.5. The predicted molar refractivity (Wildman–Crippen MR) is 100 cm³/mol. The van der Waals surface area contributed by atoms with Crippen molar-refractivity contribution in [3.63, 3.8) is 0 Å². The van der Waals surface area contributed by atoms with Gasteiger partial charge in [0, 0.05) is 11.5 Å². The number of methoxy groups -OCH3 is 3. The van der Waals surface area contributed by atoms with E-state index in [0.29, 0.717) is 17.2 Å². The third-order valence-corrected chi connectivity index (χ3v) is 4.67. The summed E-state index contributed by atoms with van der Waals surface area (Å²) in [5.41, 5.74) is 3.07. The Morgan fingerprint density at radius 2 is 1.73 bits per heavy atom. The topological polar surface area (TPSA) is 57.2 Å². The highest BCUT2D eigenvalue weighted by Gasteiger charge is 2.35. The summed E-state index contributed by atoms with van der Waals surface area (Å²) in [6, 6.07) is 9.82. The molecule has 5 nitrogen and oxygen atoms in total. The summed E-state index contributed by atoms with van der Waals surface area (Å²) in [6.07, 6.45) is 3.43. The fourth-order valence-corrected chi connectivity index (χ4v) is 3.33. The Labute approximate surface area is 153 Å². The minimum atomic E-state index is -0.143. The van der Waals surface area contributed by atoms with Crippen LogP contribution in [0.3, 0.4) is 0 Å². The van der Waals surface area contributed by atoms with E-state index >= 15 is 0 Å². The van der Waals surface area contributed by atoms with Crippen LogP contribution in [-0.4, -0.2) is 33.0 Å². The van der Waals surface area contributed by atoms with Crippen LogP contribution < -0.4 is 18.9 Å². The summed E-state index contributed by atoms with van der Waals surface area (Å²) in [5.74, 6) is 2.96. The Hall–Kier alpha value is -2.66. The molecule has 1 aliphatic rings. The quantitative estimate of drug-likeness (QED) is 0.849. The number of aliphatic hydroxyl groups excluding tert-OH is 1. The van der Waals surface area contributed by atoms with Crippen LogP contribution in [0.2, 0.25) is 0 Å². The Balaban J connectivity index is 1.99. The average molecular weight is 356 g/mol. The van der Waals surface area contributed by atoms with Gasteiger partial charge in [-0.15, -0.1) is 0 Å². The minimum absolute atomic E-state index is 0.000276. The monoisotopic (exact) mass is 356 g/mol. The predicted octanol–water partition coefficient (Wildman–Crippen LogP) is 3.96. The minimum Gasteiger partial charge on any atom is -0.493 e. The molecule has 26 heavy (non-hydrogen) atoms. The zero-order chi connectivity index (χ0) is 18.7. The lowest BCUT2D eigenvalue weighted by Crippen LogP contribution is -2.07. The lowest BCUT2D eigenvalue weighted by Gasteiger charge is -2.18. The lowest BCUT2D eigenvalue weighted by molar-refractivity contribution is 0.207. The molecule has 0 bridgehead atoms. The number of rotatable bonds is 6. The Morgan fingerprint density at radius 3 is 2.38 bits per heavy atom.